The summed E-state index contributed by atoms with van der Waals surface area (Å²) in [6, 6.07) is 14.5. The number of pyridine rings is 1. The van der Waals surface area contributed by atoms with Crippen LogP contribution in [0, 0.1) is 6.92 Å². The fraction of sp³-hybridized carbons (Fsp3) is 0.353. The molecule has 23 heavy (non-hydrogen) atoms. The van der Waals surface area contributed by atoms with E-state index in [2.05, 4.69) is 14.6 Å². The van der Waals surface area contributed by atoms with Crippen molar-refractivity contribution in [2.45, 2.75) is 30.7 Å². The van der Waals surface area contributed by atoms with E-state index in [1.165, 1.54) is 0 Å². The summed E-state index contributed by atoms with van der Waals surface area (Å²) in [5.41, 5.74) is 0.995. The van der Waals surface area contributed by atoms with Crippen molar-refractivity contribution in [2.75, 3.05) is 18.0 Å². The van der Waals surface area contributed by atoms with Gasteiger partial charge in [0.15, 0.2) is 0 Å². The lowest BCUT2D eigenvalue weighted by Crippen LogP contribution is -2.44. The van der Waals surface area contributed by atoms with Crippen LogP contribution in [0.25, 0.3) is 0 Å². The van der Waals surface area contributed by atoms with Crippen molar-refractivity contribution < 1.29 is 8.42 Å². The summed E-state index contributed by atoms with van der Waals surface area (Å²) in [6.07, 6.45) is 1.56. The van der Waals surface area contributed by atoms with Gasteiger partial charge in [0.2, 0.25) is 10.0 Å². The Morgan fingerprint density at radius 2 is 1.74 bits per heavy atom. The molecule has 1 aliphatic rings. The smallest absolute Gasteiger partial charge is 0.240 e. The van der Waals surface area contributed by atoms with Gasteiger partial charge < -0.3 is 4.90 Å². The van der Waals surface area contributed by atoms with Gasteiger partial charge in [0.25, 0.3) is 0 Å². The number of rotatable bonds is 4. The molecule has 5 nitrogen and oxygen atoms in total. The van der Waals surface area contributed by atoms with Gasteiger partial charge in [0.1, 0.15) is 5.82 Å². The first-order valence-corrected chi connectivity index (χ1v) is 9.29. The molecule has 2 heterocycles. The zero-order valence-electron chi connectivity index (χ0n) is 13.1. The van der Waals surface area contributed by atoms with E-state index in [1.54, 1.807) is 24.3 Å². The second-order valence-electron chi connectivity index (χ2n) is 5.83. The number of aryl methyl sites for hydroxylation is 1. The van der Waals surface area contributed by atoms with Crippen LogP contribution in [0.2, 0.25) is 0 Å². The summed E-state index contributed by atoms with van der Waals surface area (Å²) < 4.78 is 27.5. The highest BCUT2D eigenvalue weighted by atomic mass is 32.2. The van der Waals surface area contributed by atoms with E-state index in [0.717, 1.165) is 37.4 Å². The first kappa shape index (κ1) is 16.0. The number of nitrogens with zero attached hydrogens (tertiary/aromatic N) is 2. The number of nitrogens with one attached hydrogen (secondary N) is 1. The molecule has 1 aromatic heterocycles. The van der Waals surface area contributed by atoms with E-state index in [1.807, 2.05) is 31.2 Å². The Bertz CT molecular complexity index is 754. The van der Waals surface area contributed by atoms with Crippen LogP contribution in [0.4, 0.5) is 5.82 Å². The summed E-state index contributed by atoms with van der Waals surface area (Å²) in [7, 11) is -3.43. The first-order valence-electron chi connectivity index (χ1n) is 7.80. The zero-order chi connectivity index (χ0) is 16.3. The van der Waals surface area contributed by atoms with E-state index in [9.17, 15) is 8.42 Å². The molecule has 1 aromatic carbocycles. The van der Waals surface area contributed by atoms with Crippen LogP contribution >= 0.6 is 0 Å². The van der Waals surface area contributed by atoms with Crippen molar-refractivity contribution >= 4 is 15.8 Å². The molecule has 122 valence electrons. The lowest BCUT2D eigenvalue weighted by atomic mass is 10.1. The van der Waals surface area contributed by atoms with Crippen molar-refractivity contribution in [2.24, 2.45) is 0 Å². The molecule has 0 radical (unpaired) electrons. The molecule has 0 amide bonds. The molecule has 2 aromatic rings. The standard InChI is InChI=1S/C17H21N3O2S/c1-14-6-5-9-17(18-14)20-12-10-15(11-13-20)19-23(21,22)16-7-3-2-4-8-16/h2-9,15,19H,10-13H2,1H3. The third-order valence-corrected chi connectivity index (χ3v) is 5.60. The Balaban J connectivity index is 1.61. The van der Waals surface area contributed by atoms with Crippen molar-refractivity contribution in [1.82, 2.24) is 9.71 Å². The predicted octanol–water partition coefficient (Wildman–Crippen LogP) is 2.34. The van der Waals surface area contributed by atoms with E-state index < -0.39 is 10.0 Å². The molecule has 1 fully saturated rings. The van der Waals surface area contributed by atoms with Gasteiger partial charge in [0.05, 0.1) is 4.90 Å². The molecule has 0 unspecified atom stereocenters. The van der Waals surface area contributed by atoms with E-state index in [4.69, 9.17) is 0 Å². The van der Waals surface area contributed by atoms with Gasteiger partial charge in [-0.3, -0.25) is 0 Å². The maximum Gasteiger partial charge on any atom is 0.240 e. The summed E-state index contributed by atoms with van der Waals surface area (Å²) in [5, 5.41) is 0. The molecule has 3 rings (SSSR count). The molecule has 0 aliphatic carbocycles. The highest BCUT2D eigenvalue weighted by Crippen LogP contribution is 2.19. The average molecular weight is 331 g/mol. The maximum absolute atomic E-state index is 12.4. The van der Waals surface area contributed by atoms with Crippen LogP contribution in [-0.2, 0) is 10.0 Å². The number of hydrogen-bond donors (Lipinski definition) is 1. The van der Waals surface area contributed by atoms with Gasteiger partial charge in [-0.2, -0.15) is 0 Å². The number of aromatic nitrogens is 1. The summed E-state index contributed by atoms with van der Waals surface area (Å²) >= 11 is 0. The Morgan fingerprint density at radius 1 is 1.04 bits per heavy atom. The SMILES string of the molecule is Cc1cccc(N2CCC(NS(=O)(=O)c3ccccc3)CC2)n1. The van der Waals surface area contributed by atoms with Crippen molar-refractivity contribution in [3.63, 3.8) is 0 Å². The summed E-state index contributed by atoms with van der Waals surface area (Å²) in [5.74, 6) is 0.967. The van der Waals surface area contributed by atoms with Crippen LogP contribution < -0.4 is 9.62 Å². The quantitative estimate of drug-likeness (QED) is 0.934. The molecule has 1 N–H and O–H groups in total. The number of anilines is 1. The fourth-order valence-corrected chi connectivity index (χ4v) is 4.14. The number of sulfonamides is 1. The van der Waals surface area contributed by atoms with E-state index in [0.29, 0.717) is 4.90 Å². The minimum absolute atomic E-state index is 0.0266. The predicted molar refractivity (Wildman–Crippen MR) is 91.0 cm³/mol. The molecule has 0 spiro atoms. The first-order chi connectivity index (χ1) is 11.0. The Kier molecular flexibility index (Phi) is 4.63. The largest absolute Gasteiger partial charge is 0.356 e. The van der Waals surface area contributed by atoms with Crippen molar-refractivity contribution in [3.05, 3.63) is 54.2 Å². The van der Waals surface area contributed by atoms with Crippen LogP contribution in [0.15, 0.2) is 53.4 Å². The summed E-state index contributed by atoms with van der Waals surface area (Å²) in [6.45, 7) is 3.58. The number of piperidine rings is 1. The van der Waals surface area contributed by atoms with E-state index >= 15 is 0 Å². The summed E-state index contributed by atoms with van der Waals surface area (Å²) in [4.78, 5) is 7.06. The fourth-order valence-electron chi connectivity index (χ4n) is 2.82. The molecular weight excluding hydrogens is 310 g/mol. The second-order valence-corrected chi connectivity index (χ2v) is 7.55. The van der Waals surface area contributed by atoms with Crippen LogP contribution in [0.5, 0.6) is 0 Å². The average Bonchev–Trinajstić information content (AvgIpc) is 2.56. The Morgan fingerprint density at radius 3 is 2.39 bits per heavy atom. The van der Waals surface area contributed by atoms with Gasteiger partial charge in [-0.15, -0.1) is 0 Å². The molecule has 1 saturated heterocycles. The van der Waals surface area contributed by atoms with Crippen LogP contribution in [-0.4, -0.2) is 32.5 Å². The monoisotopic (exact) mass is 331 g/mol. The minimum atomic E-state index is -3.43. The third kappa shape index (κ3) is 3.89. The highest BCUT2D eigenvalue weighted by Gasteiger charge is 2.25. The van der Waals surface area contributed by atoms with Gasteiger partial charge in [-0.1, -0.05) is 24.3 Å². The van der Waals surface area contributed by atoms with Gasteiger partial charge >= 0.3 is 0 Å². The molecule has 0 bridgehead atoms. The lowest BCUT2D eigenvalue weighted by molar-refractivity contribution is 0.458. The number of benzene rings is 1. The molecule has 0 atom stereocenters. The van der Waals surface area contributed by atoms with Crippen molar-refractivity contribution in [3.8, 4) is 0 Å². The highest BCUT2D eigenvalue weighted by molar-refractivity contribution is 7.89. The maximum atomic E-state index is 12.4. The minimum Gasteiger partial charge on any atom is -0.356 e. The zero-order valence-corrected chi connectivity index (χ0v) is 14.0. The second kappa shape index (κ2) is 6.68. The van der Waals surface area contributed by atoms with Crippen molar-refractivity contribution in [1.29, 1.82) is 0 Å². The van der Waals surface area contributed by atoms with Gasteiger partial charge in [-0.25, -0.2) is 18.1 Å². The number of hydrogen-bond acceptors (Lipinski definition) is 4. The Labute approximate surface area is 137 Å². The van der Waals surface area contributed by atoms with Gasteiger partial charge in [0, 0.05) is 24.8 Å². The normalized spacial score (nSPS) is 16.5. The molecule has 1 aliphatic heterocycles. The lowest BCUT2D eigenvalue weighted by Gasteiger charge is -2.33. The molecule has 0 saturated carbocycles. The van der Waals surface area contributed by atoms with Crippen LogP contribution in [0.3, 0.4) is 0 Å². The molecular formula is C17H21N3O2S. The topological polar surface area (TPSA) is 62.3 Å². The van der Waals surface area contributed by atoms with Crippen LogP contribution in [0.1, 0.15) is 18.5 Å². The Hall–Kier alpha value is -1.92. The molecule has 6 heteroatoms. The van der Waals surface area contributed by atoms with Gasteiger partial charge in [-0.05, 0) is 44.0 Å². The van der Waals surface area contributed by atoms with E-state index in [-0.39, 0.29) is 6.04 Å². The third-order valence-electron chi connectivity index (χ3n) is 4.07.